The largest absolute Gasteiger partial charge is 0.393 e. The zero-order chi connectivity index (χ0) is 17.8. The Morgan fingerprint density at radius 3 is 1.44 bits per heavy atom. The van der Waals surface area contributed by atoms with Crippen molar-refractivity contribution < 1.29 is 14.3 Å². The minimum Gasteiger partial charge on any atom is -0.393 e. The van der Waals surface area contributed by atoms with Crippen molar-refractivity contribution in [3.8, 4) is 0 Å². The van der Waals surface area contributed by atoms with E-state index in [-0.39, 0.29) is 23.8 Å². The van der Waals surface area contributed by atoms with E-state index in [1.807, 2.05) is 0 Å². The van der Waals surface area contributed by atoms with Crippen molar-refractivity contribution >= 4 is 11.9 Å². The van der Waals surface area contributed by atoms with E-state index in [2.05, 4.69) is 13.8 Å². The lowest BCUT2D eigenvalue weighted by Gasteiger charge is -2.31. The van der Waals surface area contributed by atoms with Crippen molar-refractivity contribution in [1.82, 2.24) is 0 Å². The number of hydrogen-bond acceptors (Lipinski definition) is 3. The van der Waals surface area contributed by atoms with Gasteiger partial charge in [-0.05, 0) is 36.5 Å². The molecule has 2 aliphatic carbocycles. The highest BCUT2D eigenvalue weighted by molar-refractivity contribution is 5.96. The van der Waals surface area contributed by atoms with Gasteiger partial charge in [-0.1, -0.05) is 78.1 Å². The third-order valence-electron chi connectivity index (χ3n) is 7.45. The number of ether oxygens (including phenoxy) is 1. The summed E-state index contributed by atoms with van der Waals surface area (Å²) in [6, 6.07) is 0. The van der Waals surface area contributed by atoms with Gasteiger partial charge in [-0.2, -0.15) is 0 Å². The molecule has 142 valence electrons. The maximum absolute atomic E-state index is 12.3. The van der Waals surface area contributed by atoms with Gasteiger partial charge in [0.25, 0.3) is 0 Å². The normalized spacial score (nSPS) is 31.8. The van der Waals surface area contributed by atoms with Gasteiger partial charge in [0.1, 0.15) is 0 Å². The Morgan fingerprint density at radius 2 is 1.08 bits per heavy atom. The maximum Gasteiger partial charge on any atom is 0.317 e. The highest BCUT2D eigenvalue weighted by atomic mass is 16.6. The molecule has 3 fully saturated rings. The first-order chi connectivity index (χ1) is 12.1. The topological polar surface area (TPSA) is 43.4 Å². The summed E-state index contributed by atoms with van der Waals surface area (Å²) in [5.41, 5.74) is 0. The Morgan fingerprint density at radius 1 is 0.720 bits per heavy atom. The summed E-state index contributed by atoms with van der Waals surface area (Å²) in [5.74, 6) is 1.66. The molecule has 0 bridgehead atoms. The van der Waals surface area contributed by atoms with Gasteiger partial charge >= 0.3 is 11.9 Å². The van der Waals surface area contributed by atoms with E-state index < -0.39 is 0 Å². The van der Waals surface area contributed by atoms with Crippen LogP contribution in [-0.2, 0) is 14.3 Å². The van der Waals surface area contributed by atoms with E-state index in [9.17, 15) is 9.59 Å². The molecule has 0 aromatic rings. The Labute approximate surface area is 153 Å². The van der Waals surface area contributed by atoms with E-state index in [1.165, 1.54) is 64.2 Å². The number of hydrogen-bond donors (Lipinski definition) is 0. The number of cyclic esters (lactones) is 2. The molecule has 4 unspecified atom stereocenters. The minimum atomic E-state index is -0.242. The lowest BCUT2D eigenvalue weighted by Crippen LogP contribution is -2.27. The third kappa shape index (κ3) is 4.65. The van der Waals surface area contributed by atoms with Crippen LogP contribution in [-0.4, -0.2) is 11.9 Å². The summed E-state index contributed by atoms with van der Waals surface area (Å²) < 4.78 is 5.09. The Kier molecular flexibility index (Phi) is 6.57. The highest BCUT2D eigenvalue weighted by Crippen LogP contribution is 2.41. The summed E-state index contributed by atoms with van der Waals surface area (Å²) in [4.78, 5) is 24.7. The van der Waals surface area contributed by atoms with Crippen LogP contribution in [0.25, 0.3) is 0 Å². The third-order valence-corrected chi connectivity index (χ3v) is 7.45. The first-order valence-corrected chi connectivity index (χ1v) is 10.8. The van der Waals surface area contributed by atoms with Gasteiger partial charge in [-0.25, -0.2) is 0 Å². The lowest BCUT2D eigenvalue weighted by molar-refractivity contribution is -0.154. The standard InChI is InChI=1S/C22H36O3/c1-15(17-9-5-3-6-10-17)13-19-20(22(24)25-21(19)23)14-16(2)18-11-7-4-8-12-18/h15-20H,3-14H2,1-2H3. The molecule has 0 radical (unpaired) electrons. The predicted molar refractivity (Wildman–Crippen MR) is 98.8 cm³/mol. The fourth-order valence-corrected chi connectivity index (χ4v) is 5.69. The molecule has 2 saturated carbocycles. The van der Waals surface area contributed by atoms with Crippen molar-refractivity contribution in [3.05, 3.63) is 0 Å². The molecule has 1 heterocycles. The SMILES string of the molecule is CC(CC1C(=O)OC(=O)C1CC(C)C1CCCCC1)C1CCCCC1. The number of carbonyl (C=O) groups excluding carboxylic acids is 2. The van der Waals surface area contributed by atoms with Gasteiger partial charge in [-0.3, -0.25) is 9.59 Å². The zero-order valence-corrected chi connectivity index (χ0v) is 16.2. The minimum absolute atomic E-state index is 0.185. The molecule has 3 heteroatoms. The van der Waals surface area contributed by atoms with Crippen LogP contribution in [0.15, 0.2) is 0 Å². The number of esters is 2. The Bertz CT molecular complexity index is 418. The molecule has 0 aromatic carbocycles. The Hall–Kier alpha value is -0.860. The molecule has 3 rings (SSSR count). The van der Waals surface area contributed by atoms with Crippen LogP contribution in [0.2, 0.25) is 0 Å². The van der Waals surface area contributed by atoms with E-state index in [0.717, 1.165) is 24.7 Å². The van der Waals surface area contributed by atoms with Gasteiger partial charge in [0, 0.05) is 0 Å². The quantitative estimate of drug-likeness (QED) is 0.469. The summed E-state index contributed by atoms with van der Waals surface area (Å²) in [6.45, 7) is 4.57. The Balaban J connectivity index is 1.59. The maximum atomic E-state index is 12.3. The van der Waals surface area contributed by atoms with Crippen molar-refractivity contribution in [2.24, 2.45) is 35.5 Å². The van der Waals surface area contributed by atoms with Crippen LogP contribution in [0.1, 0.15) is 90.9 Å². The molecule has 0 amide bonds. The lowest BCUT2D eigenvalue weighted by atomic mass is 9.72. The molecule has 0 aromatic heterocycles. The fourth-order valence-electron chi connectivity index (χ4n) is 5.69. The summed E-state index contributed by atoms with van der Waals surface area (Å²) >= 11 is 0. The van der Waals surface area contributed by atoms with Crippen molar-refractivity contribution in [3.63, 3.8) is 0 Å². The highest BCUT2D eigenvalue weighted by Gasteiger charge is 2.46. The van der Waals surface area contributed by atoms with Crippen LogP contribution >= 0.6 is 0 Å². The number of rotatable bonds is 6. The monoisotopic (exact) mass is 348 g/mol. The van der Waals surface area contributed by atoms with Crippen LogP contribution in [0.3, 0.4) is 0 Å². The second-order valence-electron chi connectivity index (χ2n) is 9.18. The summed E-state index contributed by atoms with van der Waals surface area (Å²) in [7, 11) is 0. The first-order valence-electron chi connectivity index (χ1n) is 10.8. The molecule has 4 atom stereocenters. The molecule has 3 aliphatic rings. The smallest absolute Gasteiger partial charge is 0.317 e. The average molecular weight is 349 g/mol. The molecular formula is C22H36O3. The molecular weight excluding hydrogens is 312 g/mol. The number of carbonyl (C=O) groups is 2. The van der Waals surface area contributed by atoms with Gasteiger partial charge in [0.2, 0.25) is 0 Å². The van der Waals surface area contributed by atoms with Crippen LogP contribution < -0.4 is 0 Å². The van der Waals surface area contributed by atoms with Crippen molar-refractivity contribution in [2.45, 2.75) is 90.9 Å². The fraction of sp³-hybridized carbons (Fsp3) is 0.909. The van der Waals surface area contributed by atoms with Gasteiger partial charge < -0.3 is 4.74 Å². The average Bonchev–Trinajstić information content (AvgIpc) is 2.90. The molecule has 1 aliphatic heterocycles. The summed E-state index contributed by atoms with van der Waals surface area (Å²) in [6.07, 6.45) is 14.9. The van der Waals surface area contributed by atoms with E-state index in [4.69, 9.17) is 4.74 Å². The second-order valence-corrected chi connectivity index (χ2v) is 9.18. The van der Waals surface area contributed by atoms with E-state index >= 15 is 0 Å². The van der Waals surface area contributed by atoms with Crippen LogP contribution in [0.4, 0.5) is 0 Å². The van der Waals surface area contributed by atoms with Crippen molar-refractivity contribution in [2.75, 3.05) is 0 Å². The predicted octanol–water partition coefficient (Wildman–Crippen LogP) is 5.52. The van der Waals surface area contributed by atoms with E-state index in [0.29, 0.717) is 11.8 Å². The second kappa shape index (κ2) is 8.68. The molecule has 0 N–H and O–H groups in total. The summed E-state index contributed by atoms with van der Waals surface area (Å²) in [5, 5.41) is 0. The van der Waals surface area contributed by atoms with E-state index in [1.54, 1.807) is 0 Å². The van der Waals surface area contributed by atoms with Gasteiger partial charge in [0.15, 0.2) is 0 Å². The van der Waals surface area contributed by atoms with Gasteiger partial charge in [0.05, 0.1) is 11.8 Å². The molecule has 3 nitrogen and oxygen atoms in total. The van der Waals surface area contributed by atoms with Crippen LogP contribution in [0, 0.1) is 35.5 Å². The zero-order valence-electron chi connectivity index (χ0n) is 16.2. The van der Waals surface area contributed by atoms with Crippen LogP contribution in [0.5, 0.6) is 0 Å². The van der Waals surface area contributed by atoms with Crippen molar-refractivity contribution in [1.29, 1.82) is 0 Å². The first kappa shape index (κ1) is 18.9. The molecule has 25 heavy (non-hydrogen) atoms. The molecule has 1 saturated heterocycles. The molecule has 0 spiro atoms. The van der Waals surface area contributed by atoms with Gasteiger partial charge in [-0.15, -0.1) is 0 Å².